The molecular weight excluding hydrogens is 373 g/mol. The molecule has 0 aliphatic rings. The zero-order chi connectivity index (χ0) is 21.4. The summed E-state index contributed by atoms with van der Waals surface area (Å²) in [6.45, 7) is 4.00. The first kappa shape index (κ1) is 21.6. The lowest BCUT2D eigenvalue weighted by Crippen LogP contribution is -2.47. The van der Waals surface area contributed by atoms with Crippen LogP contribution < -0.4 is 10.6 Å². The number of benzene rings is 1. The van der Waals surface area contributed by atoms with Gasteiger partial charge in [0.2, 0.25) is 5.91 Å². The lowest BCUT2D eigenvalue weighted by molar-refractivity contribution is -0.122. The fourth-order valence-electron chi connectivity index (χ4n) is 2.69. The first-order valence-electron chi connectivity index (χ1n) is 9.16. The monoisotopic (exact) mass is 395 g/mol. The summed E-state index contributed by atoms with van der Waals surface area (Å²) in [7, 11) is 1.48. The van der Waals surface area contributed by atoms with Gasteiger partial charge in [-0.3, -0.25) is 9.59 Å². The molecule has 0 fully saturated rings. The van der Waals surface area contributed by atoms with Crippen molar-refractivity contribution in [3.8, 4) is 6.07 Å². The van der Waals surface area contributed by atoms with Gasteiger partial charge in [-0.1, -0.05) is 26.0 Å². The summed E-state index contributed by atoms with van der Waals surface area (Å²) in [5, 5.41) is 14.8. The number of aromatic amines is 1. The molecule has 150 valence electrons. The van der Waals surface area contributed by atoms with Crippen molar-refractivity contribution in [2.24, 2.45) is 0 Å². The highest BCUT2D eigenvalue weighted by molar-refractivity contribution is 6.00. The lowest BCUT2D eigenvalue weighted by atomic mass is 10.0. The molecule has 0 saturated heterocycles. The van der Waals surface area contributed by atoms with Crippen LogP contribution >= 0.6 is 0 Å². The molecule has 3 aromatic rings. The molecule has 0 saturated carbocycles. The van der Waals surface area contributed by atoms with E-state index in [1.807, 2.05) is 19.9 Å². The average Bonchev–Trinajstić information content (AvgIpc) is 3.19. The van der Waals surface area contributed by atoms with Gasteiger partial charge >= 0.3 is 0 Å². The predicted molar refractivity (Wildman–Crippen MR) is 108 cm³/mol. The fraction of sp³-hybridized carbons (Fsp3) is 0.238. The highest BCUT2D eigenvalue weighted by atomic mass is 19.1. The standard InChI is InChI=1S/C19H16FN5O2.C2H6/c1-22-18(26)15(6-11-2-4-13(20)5-3-11)25-19(27)16-8-12-7-14(9-21)23-10-17(12)24-16;1-2/h2-5,7-8,10,15,24H,6H2,1H3,(H,22,26)(H,25,27);1-2H3/t15-;/m0./s1. The molecule has 1 atom stereocenters. The molecule has 3 rings (SSSR count). The van der Waals surface area contributed by atoms with E-state index >= 15 is 0 Å². The number of nitrogens with zero attached hydrogens (tertiary/aromatic N) is 2. The Morgan fingerprint density at radius 2 is 1.93 bits per heavy atom. The molecule has 0 aliphatic heterocycles. The molecule has 0 radical (unpaired) electrons. The van der Waals surface area contributed by atoms with Gasteiger partial charge in [-0.25, -0.2) is 9.37 Å². The minimum atomic E-state index is -0.827. The van der Waals surface area contributed by atoms with Crippen molar-refractivity contribution in [3.05, 3.63) is 65.4 Å². The van der Waals surface area contributed by atoms with Gasteiger partial charge in [-0.2, -0.15) is 5.26 Å². The maximum atomic E-state index is 13.1. The van der Waals surface area contributed by atoms with Gasteiger partial charge in [0.1, 0.15) is 29.3 Å². The minimum absolute atomic E-state index is 0.214. The zero-order valence-corrected chi connectivity index (χ0v) is 16.4. The highest BCUT2D eigenvalue weighted by Gasteiger charge is 2.22. The summed E-state index contributed by atoms with van der Waals surface area (Å²) in [6, 6.07) is 10.00. The van der Waals surface area contributed by atoms with Gasteiger partial charge < -0.3 is 15.6 Å². The largest absolute Gasteiger partial charge is 0.357 e. The Bertz CT molecular complexity index is 1040. The van der Waals surface area contributed by atoms with Crippen LogP contribution in [0.2, 0.25) is 0 Å². The third-order valence-corrected chi connectivity index (χ3v) is 4.09. The van der Waals surface area contributed by atoms with Gasteiger partial charge in [-0.15, -0.1) is 0 Å². The first-order valence-corrected chi connectivity index (χ1v) is 9.16. The van der Waals surface area contributed by atoms with Crippen molar-refractivity contribution in [2.45, 2.75) is 26.3 Å². The Morgan fingerprint density at radius 1 is 1.24 bits per heavy atom. The number of hydrogen-bond donors (Lipinski definition) is 3. The van der Waals surface area contributed by atoms with E-state index in [0.29, 0.717) is 16.5 Å². The Hall–Kier alpha value is -3.73. The summed E-state index contributed by atoms with van der Waals surface area (Å²) in [4.78, 5) is 31.6. The lowest BCUT2D eigenvalue weighted by Gasteiger charge is -2.17. The smallest absolute Gasteiger partial charge is 0.268 e. The average molecular weight is 395 g/mol. The van der Waals surface area contributed by atoms with E-state index in [-0.39, 0.29) is 29.5 Å². The summed E-state index contributed by atoms with van der Waals surface area (Å²) in [6.07, 6.45) is 1.69. The molecule has 0 aliphatic carbocycles. The van der Waals surface area contributed by atoms with Gasteiger partial charge in [0, 0.05) is 18.9 Å². The highest BCUT2D eigenvalue weighted by Crippen LogP contribution is 2.16. The van der Waals surface area contributed by atoms with Crippen molar-refractivity contribution in [2.75, 3.05) is 7.05 Å². The number of carbonyl (C=O) groups is 2. The Morgan fingerprint density at radius 3 is 2.55 bits per heavy atom. The Kier molecular flexibility index (Phi) is 7.43. The molecule has 2 aromatic heterocycles. The number of H-pyrrole nitrogens is 1. The predicted octanol–water partition coefficient (Wildman–Crippen LogP) is 2.69. The quantitative estimate of drug-likeness (QED) is 0.617. The Balaban J connectivity index is 0.00000145. The van der Waals surface area contributed by atoms with Crippen LogP contribution in [0.1, 0.15) is 35.6 Å². The SMILES string of the molecule is CC.CNC(=O)[C@H](Cc1ccc(F)cc1)NC(=O)c1cc2cc(C#N)ncc2[nH]1. The van der Waals surface area contributed by atoms with Crippen LogP contribution in [-0.4, -0.2) is 34.9 Å². The van der Waals surface area contributed by atoms with Crippen LogP contribution in [0.3, 0.4) is 0 Å². The summed E-state index contributed by atoms with van der Waals surface area (Å²) >= 11 is 0. The van der Waals surface area contributed by atoms with Crippen LogP contribution in [0.4, 0.5) is 4.39 Å². The van der Waals surface area contributed by atoms with Crippen LogP contribution in [-0.2, 0) is 11.2 Å². The van der Waals surface area contributed by atoms with Crippen LogP contribution in [0, 0.1) is 17.1 Å². The molecule has 3 N–H and O–H groups in total. The molecule has 0 spiro atoms. The van der Waals surface area contributed by atoms with E-state index in [4.69, 9.17) is 5.26 Å². The number of nitrogens with one attached hydrogen (secondary N) is 3. The first-order chi connectivity index (χ1) is 14.0. The molecular formula is C21H22FN5O2. The maximum absolute atomic E-state index is 13.1. The molecule has 29 heavy (non-hydrogen) atoms. The molecule has 7 nitrogen and oxygen atoms in total. The minimum Gasteiger partial charge on any atom is -0.357 e. The number of hydrogen-bond acceptors (Lipinski definition) is 4. The second-order valence-electron chi connectivity index (χ2n) is 5.92. The van der Waals surface area contributed by atoms with Crippen molar-refractivity contribution in [1.29, 1.82) is 5.26 Å². The van der Waals surface area contributed by atoms with Crippen molar-refractivity contribution in [1.82, 2.24) is 20.6 Å². The number of carbonyl (C=O) groups excluding carboxylic acids is 2. The van der Waals surface area contributed by atoms with E-state index < -0.39 is 11.9 Å². The molecule has 2 amide bonds. The van der Waals surface area contributed by atoms with Crippen LogP contribution in [0.25, 0.3) is 10.9 Å². The number of rotatable bonds is 5. The van der Waals surface area contributed by atoms with Crippen molar-refractivity contribution < 1.29 is 14.0 Å². The van der Waals surface area contributed by atoms with E-state index in [1.54, 1.807) is 24.3 Å². The second kappa shape index (κ2) is 9.99. The summed E-state index contributed by atoms with van der Waals surface area (Å²) in [5.74, 6) is -1.21. The van der Waals surface area contributed by atoms with E-state index in [1.165, 1.54) is 25.4 Å². The van der Waals surface area contributed by atoms with Crippen molar-refractivity contribution >= 4 is 22.7 Å². The topological polar surface area (TPSA) is 111 Å². The molecule has 8 heteroatoms. The molecule has 0 unspecified atom stereocenters. The third kappa shape index (κ3) is 5.39. The number of aromatic nitrogens is 2. The fourth-order valence-corrected chi connectivity index (χ4v) is 2.69. The summed E-state index contributed by atoms with van der Waals surface area (Å²) < 4.78 is 13.1. The van der Waals surface area contributed by atoms with E-state index in [0.717, 1.165) is 0 Å². The van der Waals surface area contributed by atoms with Crippen LogP contribution in [0.15, 0.2) is 42.6 Å². The number of halogens is 1. The normalized spacial score (nSPS) is 11.0. The number of fused-ring (bicyclic) bond motifs is 1. The van der Waals surface area contributed by atoms with Gasteiger partial charge in [0.15, 0.2) is 0 Å². The van der Waals surface area contributed by atoms with E-state index in [9.17, 15) is 14.0 Å². The molecule has 2 heterocycles. The number of likely N-dealkylation sites (N-methyl/N-ethyl adjacent to an activating group) is 1. The third-order valence-electron chi connectivity index (χ3n) is 4.09. The van der Waals surface area contributed by atoms with Gasteiger partial charge in [-0.05, 0) is 29.8 Å². The second-order valence-corrected chi connectivity index (χ2v) is 5.92. The summed E-state index contributed by atoms with van der Waals surface area (Å²) in [5.41, 5.74) is 1.81. The number of pyridine rings is 1. The zero-order valence-electron chi connectivity index (χ0n) is 16.4. The van der Waals surface area contributed by atoms with Crippen molar-refractivity contribution in [3.63, 3.8) is 0 Å². The maximum Gasteiger partial charge on any atom is 0.268 e. The van der Waals surface area contributed by atoms with Gasteiger partial charge in [0.25, 0.3) is 5.91 Å². The number of nitriles is 1. The van der Waals surface area contributed by atoms with Crippen LogP contribution in [0.5, 0.6) is 0 Å². The molecule has 0 bridgehead atoms. The Labute approximate surface area is 168 Å². The van der Waals surface area contributed by atoms with E-state index in [2.05, 4.69) is 20.6 Å². The van der Waals surface area contributed by atoms with Gasteiger partial charge in [0.05, 0.1) is 11.7 Å². The molecule has 1 aromatic carbocycles. The number of amides is 2.